The molecule has 0 spiro atoms. The van der Waals surface area contributed by atoms with Crippen LogP contribution in [0.15, 0.2) is 46.9 Å². The number of benzene rings is 2. The van der Waals surface area contributed by atoms with E-state index in [4.69, 9.17) is 5.73 Å². The van der Waals surface area contributed by atoms with E-state index in [2.05, 4.69) is 77.3 Å². The van der Waals surface area contributed by atoms with E-state index >= 15 is 0 Å². The Morgan fingerprint density at radius 2 is 1.80 bits per heavy atom. The molecular formula is C17H21BrN2. The summed E-state index contributed by atoms with van der Waals surface area (Å²) in [5.41, 5.74) is 10.7. The lowest BCUT2D eigenvalue weighted by molar-refractivity contribution is 0.817. The van der Waals surface area contributed by atoms with Crippen molar-refractivity contribution in [2.24, 2.45) is 5.73 Å². The molecule has 0 amide bonds. The molecule has 0 saturated heterocycles. The zero-order chi connectivity index (χ0) is 14.7. The van der Waals surface area contributed by atoms with Crippen molar-refractivity contribution in [1.29, 1.82) is 0 Å². The standard InChI is InChI=1S/C17H21BrN2/c1-4-13-5-8-15(9-6-13)20(3)17-10-7-14(12(2)19)11-16(17)18/h5-12H,4,19H2,1-3H3. The molecule has 0 fully saturated rings. The number of nitrogens with zero attached hydrogens (tertiary/aromatic N) is 1. The second-order valence-electron chi connectivity index (χ2n) is 5.08. The Labute approximate surface area is 129 Å². The third kappa shape index (κ3) is 3.22. The van der Waals surface area contributed by atoms with E-state index in [0.29, 0.717) is 0 Å². The van der Waals surface area contributed by atoms with Crippen molar-refractivity contribution in [3.63, 3.8) is 0 Å². The molecule has 0 heterocycles. The first-order chi connectivity index (χ1) is 9.52. The first-order valence-electron chi connectivity index (χ1n) is 6.90. The quantitative estimate of drug-likeness (QED) is 0.871. The van der Waals surface area contributed by atoms with Gasteiger partial charge >= 0.3 is 0 Å². The van der Waals surface area contributed by atoms with E-state index in [0.717, 1.165) is 22.1 Å². The summed E-state index contributed by atoms with van der Waals surface area (Å²) in [5, 5.41) is 0. The predicted molar refractivity (Wildman–Crippen MR) is 90.6 cm³/mol. The highest BCUT2D eigenvalue weighted by molar-refractivity contribution is 9.10. The molecule has 0 aliphatic rings. The van der Waals surface area contributed by atoms with Crippen LogP contribution in [0.1, 0.15) is 31.0 Å². The molecule has 0 aromatic heterocycles. The Kier molecular flexibility index (Phi) is 4.84. The Morgan fingerprint density at radius 3 is 2.30 bits per heavy atom. The van der Waals surface area contributed by atoms with Crippen molar-refractivity contribution in [2.45, 2.75) is 26.3 Å². The van der Waals surface area contributed by atoms with Crippen molar-refractivity contribution in [3.05, 3.63) is 58.1 Å². The molecule has 2 nitrogen and oxygen atoms in total. The molecule has 0 aliphatic carbocycles. The first kappa shape index (κ1) is 15.1. The predicted octanol–water partition coefficient (Wildman–Crippen LogP) is 4.80. The fourth-order valence-corrected chi connectivity index (χ4v) is 2.84. The third-order valence-corrected chi connectivity index (χ3v) is 4.23. The zero-order valence-corrected chi connectivity index (χ0v) is 13.8. The fraction of sp³-hybridized carbons (Fsp3) is 0.294. The van der Waals surface area contributed by atoms with Gasteiger partial charge in [0.05, 0.1) is 5.69 Å². The summed E-state index contributed by atoms with van der Waals surface area (Å²) in [4.78, 5) is 2.18. The number of hydrogen-bond donors (Lipinski definition) is 1. The third-order valence-electron chi connectivity index (χ3n) is 3.59. The van der Waals surface area contributed by atoms with Gasteiger partial charge in [-0.05, 0) is 64.7 Å². The average Bonchev–Trinajstić information content (AvgIpc) is 2.46. The van der Waals surface area contributed by atoms with Crippen LogP contribution in [0.4, 0.5) is 11.4 Å². The second kappa shape index (κ2) is 6.42. The maximum Gasteiger partial charge on any atom is 0.0552 e. The van der Waals surface area contributed by atoms with Gasteiger partial charge in [0.1, 0.15) is 0 Å². The highest BCUT2D eigenvalue weighted by atomic mass is 79.9. The topological polar surface area (TPSA) is 29.3 Å². The van der Waals surface area contributed by atoms with Gasteiger partial charge in [-0.3, -0.25) is 0 Å². The van der Waals surface area contributed by atoms with E-state index in [1.165, 1.54) is 11.3 Å². The van der Waals surface area contributed by atoms with E-state index < -0.39 is 0 Å². The van der Waals surface area contributed by atoms with E-state index in [-0.39, 0.29) is 6.04 Å². The SMILES string of the molecule is CCc1ccc(N(C)c2ccc(C(C)N)cc2Br)cc1. The molecule has 2 rings (SSSR count). The maximum absolute atomic E-state index is 5.92. The lowest BCUT2D eigenvalue weighted by atomic mass is 10.1. The molecule has 0 aliphatic heterocycles. The molecule has 0 radical (unpaired) electrons. The van der Waals surface area contributed by atoms with Gasteiger partial charge in [0.2, 0.25) is 0 Å². The molecule has 106 valence electrons. The number of anilines is 2. The maximum atomic E-state index is 5.92. The van der Waals surface area contributed by atoms with Crippen molar-refractivity contribution in [1.82, 2.24) is 0 Å². The van der Waals surface area contributed by atoms with Crippen LogP contribution < -0.4 is 10.6 Å². The molecule has 1 unspecified atom stereocenters. The molecule has 2 aromatic rings. The van der Waals surface area contributed by atoms with Gasteiger partial charge in [0.15, 0.2) is 0 Å². The minimum Gasteiger partial charge on any atom is -0.344 e. The Hall–Kier alpha value is -1.32. The number of halogens is 1. The Morgan fingerprint density at radius 1 is 1.15 bits per heavy atom. The van der Waals surface area contributed by atoms with Crippen LogP contribution in [-0.4, -0.2) is 7.05 Å². The average molecular weight is 333 g/mol. The minimum absolute atomic E-state index is 0.0505. The summed E-state index contributed by atoms with van der Waals surface area (Å²) >= 11 is 3.64. The molecule has 0 bridgehead atoms. The molecule has 20 heavy (non-hydrogen) atoms. The summed E-state index contributed by atoms with van der Waals surface area (Å²) in [6, 6.07) is 15.0. The molecular weight excluding hydrogens is 312 g/mol. The highest BCUT2D eigenvalue weighted by Crippen LogP contribution is 2.32. The summed E-state index contributed by atoms with van der Waals surface area (Å²) in [6.45, 7) is 4.16. The van der Waals surface area contributed by atoms with Gasteiger partial charge in [-0.2, -0.15) is 0 Å². The van der Waals surface area contributed by atoms with Crippen molar-refractivity contribution >= 4 is 27.3 Å². The number of rotatable bonds is 4. The van der Waals surface area contributed by atoms with Crippen LogP contribution in [0, 0.1) is 0 Å². The van der Waals surface area contributed by atoms with Gasteiger partial charge < -0.3 is 10.6 Å². The van der Waals surface area contributed by atoms with Crippen LogP contribution in [0.25, 0.3) is 0 Å². The molecule has 2 N–H and O–H groups in total. The summed E-state index contributed by atoms with van der Waals surface area (Å²) in [5.74, 6) is 0. The van der Waals surface area contributed by atoms with E-state index in [1.807, 2.05) is 6.92 Å². The second-order valence-corrected chi connectivity index (χ2v) is 5.93. The normalized spacial score (nSPS) is 12.2. The van der Waals surface area contributed by atoms with Gasteiger partial charge in [0.25, 0.3) is 0 Å². The molecule has 2 aromatic carbocycles. The monoisotopic (exact) mass is 332 g/mol. The number of hydrogen-bond acceptors (Lipinski definition) is 2. The first-order valence-corrected chi connectivity index (χ1v) is 7.70. The van der Waals surface area contributed by atoms with Crippen LogP contribution in [0.5, 0.6) is 0 Å². The van der Waals surface area contributed by atoms with E-state index in [9.17, 15) is 0 Å². The summed E-state index contributed by atoms with van der Waals surface area (Å²) in [6.07, 6.45) is 1.07. The Balaban J connectivity index is 2.30. The van der Waals surface area contributed by atoms with Crippen LogP contribution >= 0.6 is 15.9 Å². The molecule has 1 atom stereocenters. The summed E-state index contributed by atoms with van der Waals surface area (Å²) in [7, 11) is 2.08. The van der Waals surface area contributed by atoms with Crippen LogP contribution in [-0.2, 0) is 6.42 Å². The lowest BCUT2D eigenvalue weighted by Gasteiger charge is -2.22. The van der Waals surface area contributed by atoms with Crippen molar-refractivity contribution < 1.29 is 0 Å². The van der Waals surface area contributed by atoms with Gasteiger partial charge in [-0.1, -0.05) is 25.1 Å². The van der Waals surface area contributed by atoms with Crippen LogP contribution in [0.3, 0.4) is 0 Å². The van der Waals surface area contributed by atoms with Crippen molar-refractivity contribution in [2.75, 3.05) is 11.9 Å². The largest absolute Gasteiger partial charge is 0.344 e. The number of aryl methyl sites for hydroxylation is 1. The van der Waals surface area contributed by atoms with Crippen molar-refractivity contribution in [3.8, 4) is 0 Å². The summed E-state index contributed by atoms with van der Waals surface area (Å²) < 4.78 is 1.06. The molecule has 0 saturated carbocycles. The smallest absolute Gasteiger partial charge is 0.0552 e. The minimum atomic E-state index is 0.0505. The zero-order valence-electron chi connectivity index (χ0n) is 12.2. The van der Waals surface area contributed by atoms with Gasteiger partial charge in [-0.15, -0.1) is 0 Å². The van der Waals surface area contributed by atoms with Gasteiger partial charge in [-0.25, -0.2) is 0 Å². The van der Waals surface area contributed by atoms with Crippen LogP contribution in [0.2, 0.25) is 0 Å². The van der Waals surface area contributed by atoms with Gasteiger partial charge in [0, 0.05) is 23.2 Å². The van der Waals surface area contributed by atoms with E-state index in [1.54, 1.807) is 0 Å². The highest BCUT2D eigenvalue weighted by Gasteiger charge is 2.10. The molecule has 3 heteroatoms. The number of nitrogens with two attached hydrogens (primary N) is 1. The fourth-order valence-electron chi connectivity index (χ4n) is 2.17. The Bertz CT molecular complexity index is 576. The lowest BCUT2D eigenvalue weighted by Crippen LogP contribution is -2.11.